The van der Waals surface area contributed by atoms with Gasteiger partial charge in [0, 0.05) is 6.54 Å². The van der Waals surface area contributed by atoms with E-state index in [2.05, 4.69) is 22.2 Å². The number of para-hydroxylation sites is 1. The Morgan fingerprint density at radius 2 is 2.15 bits per heavy atom. The number of thiazole rings is 1. The number of likely N-dealkylation sites (tertiary alicyclic amines) is 1. The molecule has 2 aromatic rings. The van der Waals surface area contributed by atoms with Crippen molar-refractivity contribution in [1.29, 1.82) is 0 Å². The molecule has 0 aliphatic carbocycles. The van der Waals surface area contributed by atoms with Crippen molar-refractivity contribution in [3.8, 4) is 0 Å². The second kappa shape index (κ2) is 5.89. The fourth-order valence-electron chi connectivity index (χ4n) is 2.55. The summed E-state index contributed by atoms with van der Waals surface area (Å²) in [7, 11) is 2.15. The highest BCUT2D eigenvalue weighted by atomic mass is 32.1. The second-order valence-corrected chi connectivity index (χ2v) is 6.47. The van der Waals surface area contributed by atoms with E-state index in [1.54, 1.807) is 0 Å². The molecule has 0 bridgehead atoms. The van der Waals surface area contributed by atoms with Gasteiger partial charge in [-0.1, -0.05) is 12.1 Å². The molecule has 0 atom stereocenters. The number of fused-ring (bicyclic) bond motifs is 1. The Kier molecular flexibility index (Phi) is 3.98. The number of carbonyl (C=O) groups excluding carboxylic acids is 1. The number of nitrogens with one attached hydrogen (secondary N) is 1. The summed E-state index contributed by atoms with van der Waals surface area (Å²) in [4.78, 5) is 18.9. The van der Waals surface area contributed by atoms with Gasteiger partial charge < -0.3 is 10.2 Å². The van der Waals surface area contributed by atoms with Gasteiger partial charge in [0.15, 0.2) is 5.01 Å². The molecule has 20 heavy (non-hydrogen) atoms. The van der Waals surface area contributed by atoms with Gasteiger partial charge in [-0.2, -0.15) is 0 Å². The van der Waals surface area contributed by atoms with Crippen LogP contribution in [0.3, 0.4) is 0 Å². The van der Waals surface area contributed by atoms with Crippen LogP contribution in [0.2, 0.25) is 0 Å². The fraction of sp³-hybridized carbons (Fsp3) is 0.467. The molecule has 1 saturated heterocycles. The fourth-order valence-corrected chi connectivity index (χ4v) is 3.43. The standard InChI is InChI=1S/C15H19N3OS/c1-18-8-6-11(7-9-18)10-16-14(19)15-17-12-4-2-3-5-13(12)20-15/h2-5,11H,6-10H2,1H3,(H,16,19). The van der Waals surface area contributed by atoms with Crippen LogP contribution in [0.5, 0.6) is 0 Å². The van der Waals surface area contributed by atoms with Crippen molar-refractivity contribution in [3.63, 3.8) is 0 Å². The van der Waals surface area contributed by atoms with E-state index in [1.165, 1.54) is 11.3 Å². The summed E-state index contributed by atoms with van der Waals surface area (Å²) in [6.45, 7) is 3.02. The van der Waals surface area contributed by atoms with Crippen LogP contribution in [0.25, 0.3) is 10.2 Å². The monoisotopic (exact) mass is 289 g/mol. The Morgan fingerprint density at radius 1 is 1.40 bits per heavy atom. The third-order valence-corrected chi connectivity index (χ3v) is 4.91. The van der Waals surface area contributed by atoms with Crippen LogP contribution >= 0.6 is 11.3 Å². The van der Waals surface area contributed by atoms with Gasteiger partial charge in [-0.15, -0.1) is 11.3 Å². The molecule has 1 N–H and O–H groups in total. The molecule has 1 fully saturated rings. The Balaban J connectivity index is 1.59. The summed E-state index contributed by atoms with van der Waals surface area (Å²) in [6.07, 6.45) is 2.33. The number of amides is 1. The quantitative estimate of drug-likeness (QED) is 0.943. The molecule has 0 spiro atoms. The molecule has 4 nitrogen and oxygen atoms in total. The van der Waals surface area contributed by atoms with Crippen LogP contribution in [0.4, 0.5) is 0 Å². The average Bonchev–Trinajstić information content (AvgIpc) is 2.90. The largest absolute Gasteiger partial charge is 0.350 e. The minimum Gasteiger partial charge on any atom is -0.350 e. The topological polar surface area (TPSA) is 45.2 Å². The number of rotatable bonds is 3. The number of hydrogen-bond acceptors (Lipinski definition) is 4. The van der Waals surface area contributed by atoms with E-state index < -0.39 is 0 Å². The van der Waals surface area contributed by atoms with Crippen molar-refractivity contribution in [1.82, 2.24) is 15.2 Å². The lowest BCUT2D eigenvalue weighted by molar-refractivity contribution is 0.0939. The zero-order valence-corrected chi connectivity index (χ0v) is 12.4. The summed E-state index contributed by atoms with van der Waals surface area (Å²) in [6, 6.07) is 7.86. The SMILES string of the molecule is CN1CCC(CNC(=O)c2nc3ccccc3s2)CC1. The molecule has 0 radical (unpaired) electrons. The highest BCUT2D eigenvalue weighted by molar-refractivity contribution is 7.20. The number of hydrogen-bond donors (Lipinski definition) is 1. The van der Waals surface area contributed by atoms with Gasteiger partial charge in [-0.05, 0) is 51.0 Å². The predicted molar refractivity (Wildman–Crippen MR) is 82.2 cm³/mol. The molecule has 2 heterocycles. The maximum atomic E-state index is 12.1. The van der Waals surface area contributed by atoms with Gasteiger partial charge in [0.25, 0.3) is 5.91 Å². The molecule has 106 valence electrons. The first-order chi connectivity index (χ1) is 9.72. The third kappa shape index (κ3) is 2.99. The smallest absolute Gasteiger partial charge is 0.280 e. The zero-order valence-electron chi connectivity index (χ0n) is 11.6. The molecular formula is C15H19N3OS. The molecular weight excluding hydrogens is 270 g/mol. The first kappa shape index (κ1) is 13.5. The lowest BCUT2D eigenvalue weighted by Crippen LogP contribution is -2.36. The number of piperidine rings is 1. The molecule has 5 heteroatoms. The summed E-state index contributed by atoms with van der Waals surface area (Å²) in [5.74, 6) is 0.564. The minimum atomic E-state index is -0.0369. The summed E-state index contributed by atoms with van der Waals surface area (Å²) < 4.78 is 1.07. The van der Waals surface area contributed by atoms with E-state index in [0.717, 1.165) is 42.7 Å². The summed E-state index contributed by atoms with van der Waals surface area (Å²) in [5.41, 5.74) is 0.905. The van der Waals surface area contributed by atoms with Crippen LogP contribution in [0.15, 0.2) is 24.3 Å². The Labute approximate surface area is 122 Å². The van der Waals surface area contributed by atoms with E-state index in [4.69, 9.17) is 0 Å². The van der Waals surface area contributed by atoms with Crippen molar-refractivity contribution >= 4 is 27.5 Å². The Hall–Kier alpha value is -1.46. The van der Waals surface area contributed by atoms with Gasteiger partial charge in [0.2, 0.25) is 0 Å². The van der Waals surface area contributed by atoms with E-state index >= 15 is 0 Å². The molecule has 1 aliphatic rings. The lowest BCUT2D eigenvalue weighted by atomic mass is 9.97. The second-order valence-electron chi connectivity index (χ2n) is 5.44. The van der Waals surface area contributed by atoms with Crippen molar-refractivity contribution in [3.05, 3.63) is 29.3 Å². The maximum absolute atomic E-state index is 12.1. The van der Waals surface area contributed by atoms with Crippen LogP contribution in [0.1, 0.15) is 22.6 Å². The Morgan fingerprint density at radius 3 is 2.90 bits per heavy atom. The van der Waals surface area contributed by atoms with Crippen LogP contribution in [-0.2, 0) is 0 Å². The van der Waals surface area contributed by atoms with E-state index in [1.807, 2.05) is 24.3 Å². The predicted octanol–water partition coefficient (Wildman–Crippen LogP) is 2.37. The maximum Gasteiger partial charge on any atom is 0.280 e. The molecule has 1 amide bonds. The first-order valence-electron chi connectivity index (χ1n) is 7.04. The normalized spacial score (nSPS) is 17.4. The number of nitrogens with zero attached hydrogens (tertiary/aromatic N) is 2. The highest BCUT2D eigenvalue weighted by Gasteiger charge is 2.18. The molecule has 0 unspecified atom stereocenters. The van der Waals surface area contributed by atoms with Gasteiger partial charge in [-0.3, -0.25) is 4.79 Å². The minimum absolute atomic E-state index is 0.0369. The van der Waals surface area contributed by atoms with Crippen LogP contribution in [-0.4, -0.2) is 42.5 Å². The summed E-state index contributed by atoms with van der Waals surface area (Å²) in [5, 5.41) is 3.60. The number of carbonyl (C=O) groups is 1. The third-order valence-electron chi connectivity index (χ3n) is 3.88. The Bertz CT molecular complexity index is 569. The van der Waals surface area contributed by atoms with Crippen molar-refractivity contribution in [2.45, 2.75) is 12.8 Å². The van der Waals surface area contributed by atoms with Crippen LogP contribution in [0, 0.1) is 5.92 Å². The number of aromatic nitrogens is 1. The number of benzene rings is 1. The average molecular weight is 289 g/mol. The van der Waals surface area contributed by atoms with E-state index in [0.29, 0.717) is 10.9 Å². The van der Waals surface area contributed by atoms with Crippen molar-refractivity contribution in [2.24, 2.45) is 5.92 Å². The van der Waals surface area contributed by atoms with Gasteiger partial charge in [0.1, 0.15) is 0 Å². The first-order valence-corrected chi connectivity index (χ1v) is 7.86. The van der Waals surface area contributed by atoms with Crippen LogP contribution < -0.4 is 5.32 Å². The lowest BCUT2D eigenvalue weighted by Gasteiger charge is -2.28. The molecule has 3 rings (SSSR count). The summed E-state index contributed by atoms with van der Waals surface area (Å²) >= 11 is 1.46. The van der Waals surface area contributed by atoms with Gasteiger partial charge in [0.05, 0.1) is 10.2 Å². The molecule has 1 aliphatic heterocycles. The zero-order chi connectivity index (χ0) is 13.9. The van der Waals surface area contributed by atoms with Crippen molar-refractivity contribution in [2.75, 3.05) is 26.7 Å². The van der Waals surface area contributed by atoms with Gasteiger partial charge >= 0.3 is 0 Å². The van der Waals surface area contributed by atoms with E-state index in [-0.39, 0.29) is 5.91 Å². The van der Waals surface area contributed by atoms with Gasteiger partial charge in [-0.25, -0.2) is 4.98 Å². The van der Waals surface area contributed by atoms with Crippen molar-refractivity contribution < 1.29 is 4.79 Å². The van der Waals surface area contributed by atoms with E-state index in [9.17, 15) is 4.79 Å². The molecule has 1 aromatic carbocycles. The molecule has 0 saturated carbocycles. The molecule has 1 aromatic heterocycles. The highest BCUT2D eigenvalue weighted by Crippen LogP contribution is 2.21.